The van der Waals surface area contributed by atoms with Crippen LogP contribution in [-0.2, 0) is 6.54 Å². The van der Waals surface area contributed by atoms with Gasteiger partial charge in [0.2, 0.25) is 0 Å². The normalized spacial score (nSPS) is 18.2. The van der Waals surface area contributed by atoms with E-state index in [4.69, 9.17) is 11.6 Å². The van der Waals surface area contributed by atoms with Crippen molar-refractivity contribution >= 4 is 71.2 Å². The number of rotatable bonds is 3. The van der Waals surface area contributed by atoms with E-state index in [2.05, 4.69) is 64.8 Å². The maximum absolute atomic E-state index is 11.3. The van der Waals surface area contributed by atoms with Crippen molar-refractivity contribution in [3.63, 3.8) is 0 Å². The minimum atomic E-state index is -0.968. The zero-order chi connectivity index (χ0) is 18.2. The van der Waals surface area contributed by atoms with Gasteiger partial charge in [0.25, 0.3) is 0 Å². The smallest absolute Gasteiger partial charge is 0.164 e. The van der Waals surface area contributed by atoms with Crippen LogP contribution in [-0.4, -0.2) is 12.2 Å². The van der Waals surface area contributed by atoms with Crippen LogP contribution in [0.15, 0.2) is 48.7 Å². The largest absolute Gasteiger partial charge is 0.595 e. The molecule has 0 aromatic heterocycles. The molecule has 0 radical (unpaired) electrons. The highest BCUT2D eigenvalue weighted by atomic mass is 80.0. The molecule has 132 valence electrons. The molecule has 3 rings (SSSR count). The minimum Gasteiger partial charge on any atom is -0.595 e. The number of halogens is 4. The predicted molar refractivity (Wildman–Crippen MR) is 111 cm³/mol. The van der Waals surface area contributed by atoms with Gasteiger partial charge in [-0.2, -0.15) is 5.23 Å². The van der Waals surface area contributed by atoms with E-state index in [0.717, 1.165) is 16.7 Å². The lowest BCUT2D eigenvalue weighted by Gasteiger charge is -2.39. The molecular formula is C17H14Br3ClN2O2. The molecule has 1 aliphatic heterocycles. The summed E-state index contributed by atoms with van der Waals surface area (Å²) in [6, 6.07) is 12.8. The summed E-state index contributed by atoms with van der Waals surface area (Å²) in [5, 5.41) is 20.0. The second-order valence-electron chi connectivity index (χ2n) is 5.67. The average molecular weight is 553 g/mol. The van der Waals surface area contributed by atoms with Crippen molar-refractivity contribution in [2.24, 2.45) is 0 Å². The Labute approximate surface area is 176 Å². The Morgan fingerprint density at radius 1 is 1.20 bits per heavy atom. The minimum absolute atomic E-state index is 0.0711. The monoisotopic (exact) mass is 550 g/mol. The van der Waals surface area contributed by atoms with Crippen LogP contribution in [0.1, 0.15) is 22.7 Å². The molecule has 2 N–H and O–H groups in total. The predicted octanol–water partition coefficient (Wildman–Crippen LogP) is 5.11. The summed E-state index contributed by atoms with van der Waals surface area (Å²) < 4.78 is -0.551. The summed E-state index contributed by atoms with van der Waals surface area (Å²) in [5.74, 6) is 0. The molecule has 0 saturated heterocycles. The molecule has 1 unspecified atom stereocenters. The quantitative estimate of drug-likeness (QED) is 0.411. The molecule has 8 heteroatoms. The Morgan fingerprint density at radius 2 is 1.92 bits per heavy atom. The number of alkyl halides is 3. The molecule has 0 saturated carbocycles. The maximum atomic E-state index is 11.3. The van der Waals surface area contributed by atoms with Crippen LogP contribution in [0.5, 0.6) is 0 Å². The van der Waals surface area contributed by atoms with Crippen LogP contribution in [0, 0.1) is 5.21 Å². The van der Waals surface area contributed by atoms with Gasteiger partial charge in [-0.1, -0.05) is 83.7 Å². The summed E-state index contributed by atoms with van der Waals surface area (Å²) in [5.41, 5.74) is 3.26. The van der Waals surface area contributed by atoms with Crippen LogP contribution >= 0.6 is 59.4 Å². The highest BCUT2D eigenvalue weighted by Crippen LogP contribution is 2.51. The highest BCUT2D eigenvalue weighted by Gasteiger charge is 2.38. The summed E-state index contributed by atoms with van der Waals surface area (Å²) >= 11 is 17.3. The van der Waals surface area contributed by atoms with Crippen molar-refractivity contribution in [1.82, 2.24) is 4.90 Å². The van der Waals surface area contributed by atoms with Crippen molar-refractivity contribution in [2.75, 3.05) is 0 Å². The third-order valence-electron chi connectivity index (χ3n) is 4.02. The first-order valence-corrected chi connectivity index (χ1v) is 10.1. The molecular weight excluding hydrogens is 539 g/mol. The van der Waals surface area contributed by atoms with E-state index in [-0.39, 0.29) is 11.7 Å². The van der Waals surface area contributed by atoms with Gasteiger partial charge >= 0.3 is 0 Å². The number of hydrogen-bond donors (Lipinski definition) is 2. The third-order valence-corrected chi connectivity index (χ3v) is 5.69. The molecule has 2 atom stereocenters. The Kier molecular flexibility index (Phi) is 5.95. The van der Waals surface area contributed by atoms with Gasteiger partial charge in [-0.25, -0.2) is 5.21 Å². The molecule has 1 heterocycles. The first-order chi connectivity index (χ1) is 11.8. The fourth-order valence-corrected chi connectivity index (χ4v) is 4.59. The van der Waals surface area contributed by atoms with Crippen molar-refractivity contribution in [2.45, 2.75) is 14.7 Å². The van der Waals surface area contributed by atoms with Crippen LogP contribution in [0.3, 0.4) is 0 Å². The van der Waals surface area contributed by atoms with Crippen molar-refractivity contribution in [3.05, 3.63) is 75.6 Å². The molecule has 4 nitrogen and oxygen atoms in total. The van der Waals surface area contributed by atoms with Gasteiger partial charge in [0.1, 0.15) is 0 Å². The lowest BCUT2D eigenvalue weighted by molar-refractivity contribution is -0.991. The maximum Gasteiger partial charge on any atom is 0.164 e. The van der Waals surface area contributed by atoms with Crippen molar-refractivity contribution in [1.29, 1.82) is 0 Å². The van der Waals surface area contributed by atoms with Gasteiger partial charge in [-0.05, 0) is 28.8 Å². The highest BCUT2D eigenvalue weighted by molar-refractivity contribution is 9.39. The molecule has 2 aromatic carbocycles. The molecule has 0 fully saturated rings. The van der Waals surface area contributed by atoms with E-state index in [9.17, 15) is 10.4 Å². The number of benzene rings is 2. The average Bonchev–Trinajstić information content (AvgIpc) is 2.55. The fraction of sp³-hybridized carbons (Fsp3) is 0.176. The fourth-order valence-electron chi connectivity index (χ4n) is 2.89. The zero-order valence-corrected chi connectivity index (χ0v) is 18.3. The van der Waals surface area contributed by atoms with Crippen LogP contribution in [0.25, 0.3) is 6.08 Å². The van der Waals surface area contributed by atoms with Gasteiger partial charge in [-0.3, -0.25) is 0 Å². The lowest BCUT2D eigenvalue weighted by Crippen LogP contribution is -2.99. The van der Waals surface area contributed by atoms with Gasteiger partial charge in [-0.15, -0.1) is 0 Å². The first kappa shape index (κ1) is 19.4. The summed E-state index contributed by atoms with van der Waals surface area (Å²) in [7, 11) is 0. The van der Waals surface area contributed by atoms with Gasteiger partial charge in [0.05, 0.1) is 6.04 Å². The van der Waals surface area contributed by atoms with E-state index in [1.54, 1.807) is 12.1 Å². The number of nitrogens with zero attached hydrogens (tertiary/aromatic N) is 1. The number of quaternary nitrogens is 1. The van der Waals surface area contributed by atoms with Gasteiger partial charge in [0, 0.05) is 29.9 Å². The number of fused-ring (bicyclic) bond motifs is 1. The Balaban J connectivity index is 1.99. The molecule has 25 heavy (non-hydrogen) atoms. The summed E-state index contributed by atoms with van der Waals surface area (Å²) in [6.45, 7) is 0.472. The van der Waals surface area contributed by atoms with Crippen LogP contribution < -0.4 is 5.23 Å². The molecule has 1 aliphatic rings. The number of hydrogen-bond acceptors (Lipinski definition) is 3. The molecule has 0 spiro atoms. The van der Waals surface area contributed by atoms with Crippen LogP contribution in [0.4, 0.5) is 5.69 Å². The Hall–Kier alpha value is -0.410. The second kappa shape index (κ2) is 7.68. The van der Waals surface area contributed by atoms with Crippen LogP contribution in [0.2, 0.25) is 5.02 Å². The van der Waals surface area contributed by atoms with E-state index in [1.165, 1.54) is 6.07 Å². The first-order valence-electron chi connectivity index (χ1n) is 7.38. The molecule has 2 aromatic rings. The van der Waals surface area contributed by atoms with E-state index in [0.29, 0.717) is 11.6 Å². The van der Waals surface area contributed by atoms with Crippen molar-refractivity contribution < 1.29 is 10.4 Å². The number of nitrogens with one attached hydrogen (secondary N) is 1. The Bertz CT molecular complexity index is 809. The van der Waals surface area contributed by atoms with Crippen molar-refractivity contribution in [3.8, 4) is 0 Å². The van der Waals surface area contributed by atoms with E-state index >= 15 is 0 Å². The molecule has 0 amide bonds. The Morgan fingerprint density at radius 3 is 2.60 bits per heavy atom. The summed E-state index contributed by atoms with van der Waals surface area (Å²) in [6.07, 6.45) is 4.04. The second-order valence-corrected chi connectivity index (χ2v) is 13.0. The van der Waals surface area contributed by atoms with E-state index in [1.807, 2.05) is 24.4 Å². The van der Waals surface area contributed by atoms with Gasteiger partial charge < -0.3 is 10.1 Å². The molecule has 0 aliphatic carbocycles. The SMILES string of the molecule is [O-][NH+](O)c1ccc(Cl)c(CN2C=Cc3ccccc3[C@H]2C(Br)(Br)Br)c1. The third kappa shape index (κ3) is 4.30. The zero-order valence-electron chi connectivity index (χ0n) is 12.8. The standard InChI is InChI=1S/C17H14Br3ClN2O2/c18-17(19,20)16-14-4-2-1-3-11(14)7-8-22(16)10-12-9-13(23(24)25)5-6-15(12)21/h1-9,16,23-24H,10H2/t16-/m0/s1. The molecule has 0 bridgehead atoms. The van der Waals surface area contributed by atoms with E-state index < -0.39 is 7.37 Å². The van der Waals surface area contributed by atoms with Gasteiger partial charge in [0.15, 0.2) is 7.83 Å². The summed E-state index contributed by atoms with van der Waals surface area (Å²) in [4.78, 5) is 2.10. The lowest BCUT2D eigenvalue weighted by atomic mass is 9.97. The topological polar surface area (TPSA) is 51.0 Å².